The number of amides is 1. The molecule has 2 aliphatic rings. The second-order valence-corrected chi connectivity index (χ2v) is 6.17. The number of nitrogens with two attached hydrogens (primary N) is 1. The van der Waals surface area contributed by atoms with E-state index in [1.165, 1.54) is 19.3 Å². The molecular formula is C13H24N2O. The van der Waals surface area contributed by atoms with Gasteiger partial charge < -0.3 is 11.1 Å². The van der Waals surface area contributed by atoms with Crippen molar-refractivity contribution in [2.45, 2.75) is 69.9 Å². The summed E-state index contributed by atoms with van der Waals surface area (Å²) in [5.41, 5.74) is 5.56. The quantitative estimate of drug-likeness (QED) is 0.770. The fraction of sp³-hybridized carbons (Fsp3) is 0.923. The molecule has 2 rings (SSSR count). The predicted octanol–water partition coefficient (Wildman–Crippen LogP) is 1.95. The van der Waals surface area contributed by atoms with Gasteiger partial charge in [-0.1, -0.05) is 19.3 Å². The minimum atomic E-state index is -0.593. The Labute approximate surface area is 98.2 Å². The van der Waals surface area contributed by atoms with Crippen molar-refractivity contribution in [3.8, 4) is 0 Å². The monoisotopic (exact) mass is 224 g/mol. The van der Waals surface area contributed by atoms with E-state index in [9.17, 15) is 4.79 Å². The van der Waals surface area contributed by atoms with E-state index in [0.717, 1.165) is 25.7 Å². The molecule has 0 saturated heterocycles. The minimum Gasteiger partial charge on any atom is -0.349 e. The lowest BCUT2D eigenvalue weighted by molar-refractivity contribution is -0.129. The van der Waals surface area contributed by atoms with Crippen LogP contribution in [0.3, 0.4) is 0 Å². The molecule has 2 fully saturated rings. The SMILES string of the molecule is CC(C)(NC(=O)C1(N)CCCCC1)C1CC1. The lowest BCUT2D eigenvalue weighted by Gasteiger charge is -2.36. The third-order valence-corrected chi connectivity index (χ3v) is 4.23. The summed E-state index contributed by atoms with van der Waals surface area (Å²) >= 11 is 0. The highest BCUT2D eigenvalue weighted by Gasteiger charge is 2.43. The summed E-state index contributed by atoms with van der Waals surface area (Å²) in [6.45, 7) is 4.24. The Balaban J connectivity index is 1.95. The van der Waals surface area contributed by atoms with Gasteiger partial charge >= 0.3 is 0 Å². The second-order valence-electron chi connectivity index (χ2n) is 6.17. The van der Waals surface area contributed by atoms with Crippen LogP contribution in [0.2, 0.25) is 0 Å². The van der Waals surface area contributed by atoms with Crippen molar-refractivity contribution < 1.29 is 4.79 Å². The van der Waals surface area contributed by atoms with Crippen LogP contribution in [0.25, 0.3) is 0 Å². The highest BCUT2D eigenvalue weighted by molar-refractivity contribution is 5.86. The minimum absolute atomic E-state index is 0.0686. The van der Waals surface area contributed by atoms with Crippen molar-refractivity contribution in [3.05, 3.63) is 0 Å². The van der Waals surface area contributed by atoms with Gasteiger partial charge in [0.25, 0.3) is 0 Å². The highest BCUT2D eigenvalue weighted by atomic mass is 16.2. The number of nitrogens with one attached hydrogen (secondary N) is 1. The molecule has 3 nitrogen and oxygen atoms in total. The fourth-order valence-electron chi connectivity index (χ4n) is 2.73. The van der Waals surface area contributed by atoms with Gasteiger partial charge in [0.05, 0.1) is 5.54 Å². The molecule has 0 aromatic rings. The van der Waals surface area contributed by atoms with E-state index < -0.39 is 5.54 Å². The first-order chi connectivity index (χ1) is 7.44. The van der Waals surface area contributed by atoms with Crippen LogP contribution in [-0.4, -0.2) is 17.0 Å². The van der Waals surface area contributed by atoms with E-state index in [2.05, 4.69) is 19.2 Å². The molecule has 0 atom stereocenters. The first-order valence-electron chi connectivity index (χ1n) is 6.56. The number of hydrogen-bond donors (Lipinski definition) is 2. The van der Waals surface area contributed by atoms with Gasteiger partial charge in [-0.15, -0.1) is 0 Å². The maximum atomic E-state index is 12.2. The molecule has 0 bridgehead atoms. The van der Waals surface area contributed by atoms with Crippen LogP contribution in [0, 0.1) is 5.92 Å². The molecule has 2 saturated carbocycles. The fourth-order valence-corrected chi connectivity index (χ4v) is 2.73. The third-order valence-electron chi connectivity index (χ3n) is 4.23. The molecule has 2 aliphatic carbocycles. The van der Waals surface area contributed by atoms with Crippen molar-refractivity contribution in [2.75, 3.05) is 0 Å². The summed E-state index contributed by atoms with van der Waals surface area (Å²) in [4.78, 5) is 12.2. The molecule has 0 aromatic carbocycles. The van der Waals surface area contributed by atoms with Crippen molar-refractivity contribution in [1.29, 1.82) is 0 Å². The van der Waals surface area contributed by atoms with Gasteiger partial charge in [-0.25, -0.2) is 0 Å². The molecule has 0 aromatic heterocycles. The van der Waals surface area contributed by atoms with E-state index in [0.29, 0.717) is 5.92 Å². The van der Waals surface area contributed by atoms with Crippen LogP contribution >= 0.6 is 0 Å². The summed E-state index contributed by atoms with van der Waals surface area (Å²) in [5, 5.41) is 3.16. The molecule has 0 unspecified atom stereocenters. The number of rotatable bonds is 3. The van der Waals surface area contributed by atoms with Gasteiger partial charge in [0, 0.05) is 5.54 Å². The van der Waals surface area contributed by atoms with Gasteiger partial charge in [0.15, 0.2) is 0 Å². The van der Waals surface area contributed by atoms with E-state index in [4.69, 9.17) is 5.73 Å². The zero-order valence-corrected chi connectivity index (χ0v) is 10.5. The number of carbonyl (C=O) groups excluding carboxylic acids is 1. The Morgan fingerprint density at radius 2 is 1.81 bits per heavy atom. The summed E-state index contributed by atoms with van der Waals surface area (Å²) in [6, 6.07) is 0. The number of hydrogen-bond acceptors (Lipinski definition) is 2. The van der Waals surface area contributed by atoms with Gasteiger partial charge in [-0.2, -0.15) is 0 Å². The smallest absolute Gasteiger partial charge is 0.240 e. The largest absolute Gasteiger partial charge is 0.349 e. The van der Waals surface area contributed by atoms with Crippen molar-refractivity contribution >= 4 is 5.91 Å². The van der Waals surface area contributed by atoms with E-state index in [-0.39, 0.29) is 11.4 Å². The average Bonchev–Trinajstić information content (AvgIpc) is 3.01. The molecule has 92 valence electrons. The first kappa shape index (κ1) is 11.9. The molecule has 16 heavy (non-hydrogen) atoms. The zero-order valence-electron chi connectivity index (χ0n) is 10.5. The third kappa shape index (κ3) is 2.40. The van der Waals surface area contributed by atoms with Crippen LogP contribution < -0.4 is 11.1 Å². The van der Waals surface area contributed by atoms with Gasteiger partial charge in [0.2, 0.25) is 5.91 Å². The van der Waals surface area contributed by atoms with Gasteiger partial charge in [-0.05, 0) is 45.4 Å². The van der Waals surface area contributed by atoms with Crippen LogP contribution in [0.5, 0.6) is 0 Å². The summed E-state index contributed by atoms with van der Waals surface area (Å²) in [6.07, 6.45) is 7.58. The molecule has 1 amide bonds. The maximum Gasteiger partial charge on any atom is 0.240 e. The van der Waals surface area contributed by atoms with E-state index in [1.807, 2.05) is 0 Å². The predicted molar refractivity (Wildman–Crippen MR) is 64.9 cm³/mol. The van der Waals surface area contributed by atoms with E-state index >= 15 is 0 Å². The molecular weight excluding hydrogens is 200 g/mol. The summed E-state index contributed by atoms with van der Waals surface area (Å²) in [7, 11) is 0. The van der Waals surface area contributed by atoms with Crippen molar-refractivity contribution in [2.24, 2.45) is 11.7 Å². The Morgan fingerprint density at radius 3 is 2.31 bits per heavy atom. The topological polar surface area (TPSA) is 55.1 Å². The Hall–Kier alpha value is -0.570. The van der Waals surface area contributed by atoms with Gasteiger partial charge in [0.1, 0.15) is 0 Å². The Morgan fingerprint density at radius 1 is 1.25 bits per heavy atom. The molecule has 0 radical (unpaired) electrons. The normalized spacial score (nSPS) is 25.2. The van der Waals surface area contributed by atoms with Crippen molar-refractivity contribution in [3.63, 3.8) is 0 Å². The average molecular weight is 224 g/mol. The lowest BCUT2D eigenvalue weighted by Crippen LogP contribution is -2.60. The van der Waals surface area contributed by atoms with Crippen LogP contribution in [0.1, 0.15) is 58.8 Å². The van der Waals surface area contributed by atoms with E-state index in [1.54, 1.807) is 0 Å². The Bertz CT molecular complexity index is 276. The van der Waals surface area contributed by atoms with Crippen LogP contribution in [0.15, 0.2) is 0 Å². The summed E-state index contributed by atoms with van der Waals surface area (Å²) in [5.74, 6) is 0.729. The molecule has 0 heterocycles. The van der Waals surface area contributed by atoms with Gasteiger partial charge in [-0.3, -0.25) is 4.79 Å². The molecule has 3 N–H and O–H groups in total. The van der Waals surface area contributed by atoms with Crippen LogP contribution in [0.4, 0.5) is 0 Å². The Kier molecular flexibility index (Phi) is 2.99. The lowest BCUT2D eigenvalue weighted by atomic mass is 9.81. The van der Waals surface area contributed by atoms with Crippen LogP contribution in [-0.2, 0) is 4.79 Å². The summed E-state index contributed by atoms with van der Waals surface area (Å²) < 4.78 is 0. The first-order valence-corrected chi connectivity index (χ1v) is 6.56. The molecule has 0 spiro atoms. The molecule has 0 aliphatic heterocycles. The van der Waals surface area contributed by atoms with Crippen molar-refractivity contribution in [1.82, 2.24) is 5.32 Å². The standard InChI is InChI=1S/C13H24N2O/c1-12(2,10-6-7-10)15-11(16)13(14)8-4-3-5-9-13/h10H,3-9,14H2,1-2H3,(H,15,16). The number of carbonyl (C=O) groups is 1. The highest BCUT2D eigenvalue weighted by Crippen LogP contribution is 2.39. The zero-order chi connectivity index (χ0) is 11.8. The maximum absolute atomic E-state index is 12.2. The second kappa shape index (κ2) is 4.02. The molecule has 3 heteroatoms.